The van der Waals surface area contributed by atoms with E-state index in [9.17, 15) is 9.59 Å². The van der Waals surface area contributed by atoms with E-state index in [2.05, 4.69) is 20.9 Å². The molecule has 0 aromatic carbocycles. The Morgan fingerprint density at radius 1 is 1.50 bits per heavy atom. The highest BCUT2D eigenvalue weighted by atomic mass is 79.9. The molecule has 0 aliphatic carbocycles. The molecular weight excluding hydrogens is 300 g/mol. The van der Waals surface area contributed by atoms with Crippen molar-refractivity contribution in [2.45, 2.75) is 26.3 Å². The summed E-state index contributed by atoms with van der Waals surface area (Å²) in [7, 11) is 0. The van der Waals surface area contributed by atoms with Gasteiger partial charge in [-0.2, -0.15) is 0 Å². The summed E-state index contributed by atoms with van der Waals surface area (Å²) in [6.45, 7) is 3.86. The Morgan fingerprint density at radius 3 is 2.67 bits per heavy atom. The van der Waals surface area contributed by atoms with Gasteiger partial charge in [0.1, 0.15) is 5.69 Å². The van der Waals surface area contributed by atoms with E-state index in [1.54, 1.807) is 12.1 Å². The van der Waals surface area contributed by atoms with Crippen molar-refractivity contribution in [3.63, 3.8) is 0 Å². The second kappa shape index (κ2) is 6.49. The van der Waals surface area contributed by atoms with Crippen LogP contribution in [0.5, 0.6) is 0 Å². The molecule has 0 saturated carbocycles. The molecule has 6 heteroatoms. The van der Waals surface area contributed by atoms with Crippen LogP contribution >= 0.6 is 15.9 Å². The third-order valence-electron chi connectivity index (χ3n) is 2.41. The van der Waals surface area contributed by atoms with Crippen LogP contribution < -0.4 is 0 Å². The average Bonchev–Trinajstić information content (AvgIpc) is 2.28. The van der Waals surface area contributed by atoms with E-state index in [0.29, 0.717) is 10.2 Å². The minimum Gasteiger partial charge on any atom is -0.481 e. The third-order valence-corrected chi connectivity index (χ3v) is 3.05. The molecule has 18 heavy (non-hydrogen) atoms. The maximum Gasteiger partial charge on any atom is 0.305 e. The number of carboxylic acid groups (broad SMARTS) is 1. The summed E-state index contributed by atoms with van der Waals surface area (Å²) in [5, 5.41) is 8.69. The highest BCUT2D eigenvalue weighted by molar-refractivity contribution is 9.10. The van der Waals surface area contributed by atoms with Crippen molar-refractivity contribution in [2.75, 3.05) is 6.54 Å². The summed E-state index contributed by atoms with van der Waals surface area (Å²) in [4.78, 5) is 28.4. The lowest BCUT2D eigenvalue weighted by atomic mass is 10.2. The standard InChI is InChI=1S/C12H15BrN2O3/c1-8(2)15(7-5-10(16)17)12(18)11-9(13)4-3-6-14-11/h3-4,6,8H,5,7H2,1-2H3,(H,16,17). The molecule has 1 N–H and O–H groups in total. The molecule has 1 aromatic heterocycles. The van der Waals surface area contributed by atoms with E-state index in [4.69, 9.17) is 5.11 Å². The second-order valence-electron chi connectivity index (χ2n) is 4.07. The van der Waals surface area contributed by atoms with Crippen molar-refractivity contribution >= 4 is 27.8 Å². The quantitative estimate of drug-likeness (QED) is 0.904. The van der Waals surface area contributed by atoms with E-state index in [0.717, 1.165) is 0 Å². The zero-order valence-electron chi connectivity index (χ0n) is 10.3. The first-order chi connectivity index (χ1) is 8.43. The molecule has 0 aliphatic heterocycles. The fourth-order valence-electron chi connectivity index (χ4n) is 1.49. The number of nitrogens with zero attached hydrogens (tertiary/aromatic N) is 2. The van der Waals surface area contributed by atoms with Crippen molar-refractivity contribution in [2.24, 2.45) is 0 Å². The lowest BCUT2D eigenvalue weighted by molar-refractivity contribution is -0.137. The lowest BCUT2D eigenvalue weighted by Gasteiger charge is -2.26. The van der Waals surface area contributed by atoms with Crippen LogP contribution in [0.3, 0.4) is 0 Å². The smallest absolute Gasteiger partial charge is 0.305 e. The van der Waals surface area contributed by atoms with Gasteiger partial charge in [-0.25, -0.2) is 4.98 Å². The van der Waals surface area contributed by atoms with Gasteiger partial charge in [-0.05, 0) is 41.9 Å². The molecule has 0 radical (unpaired) electrons. The third kappa shape index (κ3) is 3.80. The molecule has 0 bridgehead atoms. The van der Waals surface area contributed by atoms with E-state index in [1.165, 1.54) is 11.1 Å². The SMILES string of the molecule is CC(C)N(CCC(=O)O)C(=O)c1ncccc1Br. The minimum absolute atomic E-state index is 0.0750. The van der Waals surface area contributed by atoms with E-state index < -0.39 is 5.97 Å². The van der Waals surface area contributed by atoms with Gasteiger partial charge in [-0.15, -0.1) is 0 Å². The predicted octanol–water partition coefficient (Wildman–Crippen LogP) is 2.17. The van der Waals surface area contributed by atoms with Crippen molar-refractivity contribution in [1.29, 1.82) is 0 Å². The zero-order valence-corrected chi connectivity index (χ0v) is 11.8. The number of carboxylic acids is 1. The Bertz CT molecular complexity index is 449. The molecule has 0 unspecified atom stereocenters. The second-order valence-corrected chi connectivity index (χ2v) is 4.92. The number of aliphatic carboxylic acids is 1. The maximum absolute atomic E-state index is 12.3. The highest BCUT2D eigenvalue weighted by Gasteiger charge is 2.22. The molecule has 98 valence electrons. The summed E-state index contributed by atoms with van der Waals surface area (Å²) in [5.41, 5.74) is 0.302. The molecular formula is C12H15BrN2O3. The molecule has 1 aromatic rings. The van der Waals surface area contributed by atoms with E-state index in [1.807, 2.05) is 13.8 Å². The van der Waals surface area contributed by atoms with Gasteiger partial charge in [-0.1, -0.05) is 0 Å². The van der Waals surface area contributed by atoms with Gasteiger partial charge >= 0.3 is 5.97 Å². The number of carbonyl (C=O) groups excluding carboxylic acids is 1. The minimum atomic E-state index is -0.923. The number of amides is 1. The molecule has 0 atom stereocenters. The normalized spacial score (nSPS) is 10.4. The van der Waals surface area contributed by atoms with Gasteiger partial charge in [-0.3, -0.25) is 9.59 Å². The number of rotatable bonds is 5. The Hall–Kier alpha value is -1.43. The molecule has 1 amide bonds. The molecule has 1 heterocycles. The number of hydrogen-bond acceptors (Lipinski definition) is 3. The summed E-state index contributed by atoms with van der Waals surface area (Å²) in [5.74, 6) is -1.19. The van der Waals surface area contributed by atoms with Gasteiger partial charge in [0.25, 0.3) is 5.91 Å². The van der Waals surface area contributed by atoms with Crippen LogP contribution in [0.2, 0.25) is 0 Å². The highest BCUT2D eigenvalue weighted by Crippen LogP contribution is 2.16. The van der Waals surface area contributed by atoms with E-state index in [-0.39, 0.29) is 24.9 Å². The number of hydrogen-bond donors (Lipinski definition) is 1. The fraction of sp³-hybridized carbons (Fsp3) is 0.417. The number of pyridine rings is 1. The van der Waals surface area contributed by atoms with Gasteiger partial charge < -0.3 is 10.0 Å². The fourth-order valence-corrected chi connectivity index (χ4v) is 1.91. The molecule has 0 spiro atoms. The van der Waals surface area contributed by atoms with Crippen LogP contribution in [0.25, 0.3) is 0 Å². The maximum atomic E-state index is 12.3. The first-order valence-electron chi connectivity index (χ1n) is 5.56. The summed E-state index contributed by atoms with van der Waals surface area (Å²) in [6.07, 6.45) is 1.46. The first kappa shape index (κ1) is 14.6. The molecule has 0 fully saturated rings. The van der Waals surface area contributed by atoms with Crippen LogP contribution in [0, 0.1) is 0 Å². The summed E-state index contributed by atoms with van der Waals surface area (Å²) in [6, 6.07) is 3.37. The van der Waals surface area contributed by atoms with Crippen LogP contribution in [0.1, 0.15) is 30.8 Å². The number of carbonyl (C=O) groups is 2. The van der Waals surface area contributed by atoms with Gasteiger partial charge in [0.15, 0.2) is 0 Å². The van der Waals surface area contributed by atoms with Crippen LogP contribution in [-0.4, -0.2) is 39.5 Å². The van der Waals surface area contributed by atoms with Crippen LogP contribution in [0.15, 0.2) is 22.8 Å². The van der Waals surface area contributed by atoms with Crippen molar-refractivity contribution in [3.8, 4) is 0 Å². The van der Waals surface area contributed by atoms with Crippen LogP contribution in [-0.2, 0) is 4.79 Å². The van der Waals surface area contributed by atoms with Crippen molar-refractivity contribution in [3.05, 3.63) is 28.5 Å². The Morgan fingerprint density at radius 2 is 2.17 bits per heavy atom. The Labute approximate surface area is 114 Å². The van der Waals surface area contributed by atoms with Gasteiger partial charge in [0, 0.05) is 23.3 Å². The van der Waals surface area contributed by atoms with Gasteiger partial charge in [0.2, 0.25) is 0 Å². The molecule has 0 aliphatic rings. The van der Waals surface area contributed by atoms with Gasteiger partial charge in [0.05, 0.1) is 6.42 Å². The zero-order chi connectivity index (χ0) is 13.7. The summed E-state index contributed by atoms with van der Waals surface area (Å²) >= 11 is 3.27. The van der Waals surface area contributed by atoms with Crippen molar-refractivity contribution < 1.29 is 14.7 Å². The first-order valence-corrected chi connectivity index (χ1v) is 6.36. The monoisotopic (exact) mass is 314 g/mol. The topological polar surface area (TPSA) is 70.5 Å². The molecule has 0 saturated heterocycles. The summed E-state index contributed by atoms with van der Waals surface area (Å²) < 4.78 is 0.607. The average molecular weight is 315 g/mol. The largest absolute Gasteiger partial charge is 0.481 e. The van der Waals surface area contributed by atoms with E-state index >= 15 is 0 Å². The van der Waals surface area contributed by atoms with Crippen LogP contribution in [0.4, 0.5) is 0 Å². The molecule has 5 nitrogen and oxygen atoms in total. The number of aromatic nitrogens is 1. The molecule has 1 rings (SSSR count). The Kier molecular flexibility index (Phi) is 5.27. The number of halogens is 1. The predicted molar refractivity (Wildman–Crippen MR) is 70.4 cm³/mol. The van der Waals surface area contributed by atoms with Crippen molar-refractivity contribution in [1.82, 2.24) is 9.88 Å². The Balaban J connectivity index is 2.90. The lowest BCUT2D eigenvalue weighted by Crippen LogP contribution is -2.39.